The molecule has 5 rings (SSSR count). The molecule has 0 spiro atoms. The van der Waals surface area contributed by atoms with E-state index in [1.165, 1.54) is 24.3 Å². The van der Waals surface area contributed by atoms with Gasteiger partial charge in [0.1, 0.15) is 11.6 Å². The van der Waals surface area contributed by atoms with Gasteiger partial charge in [0.05, 0.1) is 19.3 Å². The van der Waals surface area contributed by atoms with E-state index in [9.17, 15) is 8.78 Å². The van der Waals surface area contributed by atoms with Gasteiger partial charge in [0.25, 0.3) is 0 Å². The monoisotopic (exact) mass is 622 g/mol. The molecule has 0 bridgehead atoms. The number of nitrogens with zero attached hydrogens (tertiary/aromatic N) is 6. The number of hydrogen-bond donors (Lipinski definition) is 2. The number of halogens is 2. The Morgan fingerprint density at radius 2 is 1.45 bits per heavy atom. The number of hydrogen-bond acceptors (Lipinski definition) is 6. The van der Waals surface area contributed by atoms with Gasteiger partial charge in [0, 0.05) is 57.2 Å². The van der Waals surface area contributed by atoms with Gasteiger partial charge >= 0.3 is 0 Å². The molecule has 2 saturated heterocycles. The van der Waals surface area contributed by atoms with Crippen molar-refractivity contribution in [3.05, 3.63) is 88.7 Å². The van der Waals surface area contributed by atoms with Crippen LogP contribution >= 0.6 is 12.2 Å². The minimum Gasteiger partial charge on any atom is -0.379 e. The van der Waals surface area contributed by atoms with Crippen molar-refractivity contribution >= 4 is 29.2 Å². The fourth-order valence-corrected chi connectivity index (χ4v) is 5.80. The van der Waals surface area contributed by atoms with E-state index < -0.39 is 0 Å². The molecule has 2 N–H and O–H groups in total. The smallest absolute Gasteiger partial charge is 0.229 e. The van der Waals surface area contributed by atoms with Crippen molar-refractivity contribution in [1.82, 2.24) is 30.0 Å². The predicted octanol–water partition coefficient (Wildman–Crippen LogP) is 4.14. The van der Waals surface area contributed by atoms with E-state index in [1.807, 2.05) is 19.9 Å². The fraction of sp³-hybridized carbons (Fsp3) is 0.438. The van der Waals surface area contributed by atoms with E-state index in [4.69, 9.17) is 21.9 Å². The zero-order valence-electron chi connectivity index (χ0n) is 25.3. The second-order valence-corrected chi connectivity index (χ2v) is 11.5. The van der Waals surface area contributed by atoms with Crippen LogP contribution in [0.2, 0.25) is 0 Å². The molecule has 44 heavy (non-hydrogen) atoms. The second kappa shape index (κ2) is 15.4. The lowest BCUT2D eigenvalue weighted by Crippen LogP contribution is -2.52. The highest BCUT2D eigenvalue weighted by atomic mass is 32.1. The highest BCUT2D eigenvalue weighted by molar-refractivity contribution is 7.80. The van der Waals surface area contributed by atoms with Crippen molar-refractivity contribution in [2.24, 2.45) is 4.99 Å². The standard InChI is InChI=1S/C32H40F2N8OS/c1-23-22-24(2)37-30(36-23)38-31(39-32(44)35-12-3-13-40-18-20-43-21-19-40)42-16-14-41(15-17-42)29(25-4-8-27(33)9-5-25)26-6-10-28(34)11-7-26/h4-11,22,29H,3,12-21H2,1-2H3,(H2,35,36,37,38,39,44). The molecule has 2 aromatic carbocycles. The van der Waals surface area contributed by atoms with Crippen molar-refractivity contribution in [2.45, 2.75) is 26.3 Å². The van der Waals surface area contributed by atoms with Gasteiger partial charge in [-0.1, -0.05) is 24.3 Å². The van der Waals surface area contributed by atoms with Crippen LogP contribution in [-0.4, -0.2) is 101 Å². The Labute approximate surface area is 263 Å². The first-order valence-electron chi connectivity index (χ1n) is 15.1. The molecule has 1 aromatic heterocycles. The number of morpholine rings is 1. The van der Waals surface area contributed by atoms with Crippen LogP contribution in [0.3, 0.4) is 0 Å². The van der Waals surface area contributed by atoms with Gasteiger partial charge in [-0.3, -0.25) is 15.1 Å². The summed E-state index contributed by atoms with van der Waals surface area (Å²) in [5.41, 5.74) is 3.61. The summed E-state index contributed by atoms with van der Waals surface area (Å²) in [6, 6.07) is 14.8. The van der Waals surface area contributed by atoms with Crippen molar-refractivity contribution in [3.8, 4) is 0 Å². The zero-order chi connectivity index (χ0) is 30.9. The molecule has 0 radical (unpaired) electrons. The highest BCUT2D eigenvalue weighted by Gasteiger charge is 2.28. The van der Waals surface area contributed by atoms with Crippen LogP contribution in [0, 0.1) is 25.5 Å². The van der Waals surface area contributed by atoms with Crippen LogP contribution in [0.1, 0.15) is 35.0 Å². The Morgan fingerprint density at radius 3 is 2.02 bits per heavy atom. The van der Waals surface area contributed by atoms with E-state index in [1.54, 1.807) is 24.3 Å². The number of nitrogens with one attached hydrogen (secondary N) is 2. The van der Waals surface area contributed by atoms with Crippen LogP contribution in [-0.2, 0) is 4.74 Å². The maximum absolute atomic E-state index is 13.8. The van der Waals surface area contributed by atoms with Crippen molar-refractivity contribution < 1.29 is 13.5 Å². The van der Waals surface area contributed by atoms with E-state index in [0.29, 0.717) is 43.2 Å². The first kappa shape index (κ1) is 31.8. The first-order valence-corrected chi connectivity index (χ1v) is 15.5. The van der Waals surface area contributed by atoms with Crippen molar-refractivity contribution in [3.63, 3.8) is 0 Å². The molecule has 3 aromatic rings. The lowest BCUT2D eigenvalue weighted by atomic mass is 9.96. The molecule has 0 saturated carbocycles. The normalized spacial score (nSPS) is 16.8. The van der Waals surface area contributed by atoms with E-state index in [-0.39, 0.29) is 17.7 Å². The van der Waals surface area contributed by atoms with Gasteiger partial charge in [-0.05, 0) is 80.5 Å². The molecular formula is C32H40F2N8OS. The summed E-state index contributed by atoms with van der Waals surface area (Å²) in [7, 11) is 0. The van der Waals surface area contributed by atoms with Gasteiger partial charge in [-0.2, -0.15) is 4.99 Å². The molecule has 0 aliphatic carbocycles. The largest absolute Gasteiger partial charge is 0.379 e. The number of anilines is 1. The summed E-state index contributed by atoms with van der Waals surface area (Å²) in [4.78, 5) is 20.8. The van der Waals surface area contributed by atoms with E-state index >= 15 is 0 Å². The Kier molecular flexibility index (Phi) is 11.2. The van der Waals surface area contributed by atoms with Crippen LogP contribution in [0.25, 0.3) is 0 Å². The number of aryl methyl sites for hydroxylation is 2. The molecule has 2 fully saturated rings. The molecule has 0 unspecified atom stereocenters. The number of aliphatic imine (C=N–C) groups is 1. The van der Waals surface area contributed by atoms with E-state index in [2.05, 4.69) is 35.3 Å². The predicted molar refractivity (Wildman–Crippen MR) is 173 cm³/mol. The minimum absolute atomic E-state index is 0.149. The quantitative estimate of drug-likeness (QED) is 0.167. The van der Waals surface area contributed by atoms with Crippen LogP contribution in [0.15, 0.2) is 59.6 Å². The number of piperazine rings is 1. The van der Waals surface area contributed by atoms with Crippen LogP contribution in [0.4, 0.5) is 14.7 Å². The van der Waals surface area contributed by atoms with Crippen LogP contribution < -0.4 is 10.6 Å². The van der Waals surface area contributed by atoms with Gasteiger partial charge in [0.2, 0.25) is 11.9 Å². The summed E-state index contributed by atoms with van der Waals surface area (Å²) in [5.74, 6) is 0.472. The number of thiocarbonyl (C=S) groups is 1. The molecule has 12 heteroatoms. The lowest BCUT2D eigenvalue weighted by Gasteiger charge is -2.40. The van der Waals surface area contributed by atoms with Gasteiger partial charge in [0.15, 0.2) is 5.11 Å². The summed E-state index contributed by atoms with van der Waals surface area (Å²) in [5, 5.41) is 7.01. The van der Waals surface area contributed by atoms with Gasteiger partial charge in [-0.25, -0.2) is 18.7 Å². The Morgan fingerprint density at radius 1 is 0.886 bits per heavy atom. The molecule has 2 aliphatic rings. The summed E-state index contributed by atoms with van der Waals surface area (Å²) in [6.45, 7) is 11.7. The maximum Gasteiger partial charge on any atom is 0.229 e. The van der Waals surface area contributed by atoms with Gasteiger partial charge in [-0.15, -0.1) is 0 Å². The lowest BCUT2D eigenvalue weighted by molar-refractivity contribution is 0.0376. The molecular weight excluding hydrogens is 582 g/mol. The molecule has 9 nitrogen and oxygen atoms in total. The van der Waals surface area contributed by atoms with Crippen molar-refractivity contribution in [1.29, 1.82) is 0 Å². The Bertz CT molecular complexity index is 1340. The highest BCUT2D eigenvalue weighted by Crippen LogP contribution is 2.30. The number of guanidine groups is 1. The topological polar surface area (TPSA) is 81.1 Å². The third-order valence-corrected chi connectivity index (χ3v) is 8.03. The van der Waals surface area contributed by atoms with Gasteiger partial charge < -0.3 is 15.0 Å². The van der Waals surface area contributed by atoms with Crippen LogP contribution in [0.5, 0.6) is 0 Å². The summed E-state index contributed by atoms with van der Waals surface area (Å²) >= 11 is 5.64. The number of ether oxygens (including phenoxy) is 1. The second-order valence-electron chi connectivity index (χ2n) is 11.1. The molecule has 2 aliphatic heterocycles. The maximum atomic E-state index is 13.8. The number of rotatable bonds is 8. The minimum atomic E-state index is -0.289. The SMILES string of the molecule is Cc1cc(C)nc(N/C(=N/C(=S)NCCCN2CCOCC2)N2CCN(C(c3ccc(F)cc3)c3ccc(F)cc3)CC2)n1. The third kappa shape index (κ3) is 8.98. The fourth-order valence-electron chi connectivity index (χ4n) is 5.61. The van der Waals surface area contributed by atoms with E-state index in [0.717, 1.165) is 68.3 Å². The molecule has 0 atom stereocenters. The molecule has 0 amide bonds. The average molecular weight is 623 g/mol. The third-order valence-electron chi connectivity index (χ3n) is 7.79. The first-order chi connectivity index (χ1) is 21.3. The summed E-state index contributed by atoms with van der Waals surface area (Å²) < 4.78 is 33.0. The molecule has 3 heterocycles. The Balaban J connectivity index is 1.28. The zero-order valence-corrected chi connectivity index (χ0v) is 26.1. The average Bonchev–Trinajstić information content (AvgIpc) is 3.01. The molecule has 234 valence electrons. The number of aromatic nitrogens is 2. The summed E-state index contributed by atoms with van der Waals surface area (Å²) in [6.07, 6.45) is 0.950. The number of benzene rings is 2. The Hall–Kier alpha value is -3.58. The van der Waals surface area contributed by atoms with Crippen molar-refractivity contribution in [2.75, 3.05) is 70.9 Å².